The van der Waals surface area contributed by atoms with Crippen molar-refractivity contribution in [1.29, 1.82) is 5.26 Å². The van der Waals surface area contributed by atoms with Crippen molar-refractivity contribution in [3.05, 3.63) is 47.8 Å². The molecule has 0 unspecified atom stereocenters. The number of nitriles is 1. The topological polar surface area (TPSA) is 132 Å². The summed E-state index contributed by atoms with van der Waals surface area (Å²) in [5, 5.41) is 27.1. The highest BCUT2D eigenvalue weighted by atomic mass is 19.1. The molecule has 0 atom stereocenters. The number of carbonyl (C=O) groups excluding carboxylic acids is 2. The van der Waals surface area contributed by atoms with Crippen LogP contribution in [0.4, 0.5) is 26.5 Å². The summed E-state index contributed by atoms with van der Waals surface area (Å²) in [5.74, 6) is -0.696. The Morgan fingerprint density at radius 1 is 1.14 bits per heavy atom. The minimum absolute atomic E-state index is 0.0667. The first-order chi connectivity index (χ1) is 17.0. The molecule has 2 aromatic carbocycles. The Labute approximate surface area is 209 Å². The van der Waals surface area contributed by atoms with E-state index in [9.17, 15) is 19.1 Å². The fourth-order valence-electron chi connectivity index (χ4n) is 3.76. The first kappa shape index (κ1) is 26.6. The van der Waals surface area contributed by atoms with Crippen LogP contribution >= 0.6 is 0 Å². The van der Waals surface area contributed by atoms with Crippen LogP contribution in [-0.4, -0.2) is 32.2 Å². The number of aromatic nitrogens is 2. The highest BCUT2D eigenvalue weighted by Gasteiger charge is 2.20. The van der Waals surface area contributed by atoms with E-state index >= 15 is 0 Å². The lowest BCUT2D eigenvalue weighted by Gasteiger charge is -2.19. The largest absolute Gasteiger partial charge is 0.390 e. The maximum atomic E-state index is 14.2. The summed E-state index contributed by atoms with van der Waals surface area (Å²) < 4.78 is 16.0. The van der Waals surface area contributed by atoms with Gasteiger partial charge in [-0.15, -0.1) is 0 Å². The summed E-state index contributed by atoms with van der Waals surface area (Å²) in [7, 11) is 0. The Bertz CT molecular complexity index is 1300. The molecule has 0 radical (unpaired) electrons. The smallest absolute Gasteiger partial charge is 0.326 e. The van der Waals surface area contributed by atoms with Gasteiger partial charge in [-0.1, -0.05) is 13.8 Å². The molecule has 3 aromatic rings. The second-order valence-electron chi connectivity index (χ2n) is 9.24. The van der Waals surface area contributed by atoms with Crippen LogP contribution in [0.5, 0.6) is 0 Å². The number of rotatable bonds is 9. The van der Waals surface area contributed by atoms with Crippen molar-refractivity contribution >= 4 is 40.3 Å². The number of carbonyl (C=O) groups is 2. The van der Waals surface area contributed by atoms with Gasteiger partial charge in [0, 0.05) is 18.2 Å². The molecule has 9 nitrogen and oxygen atoms in total. The lowest BCUT2D eigenvalue weighted by Crippen LogP contribution is -2.24. The Balaban J connectivity index is 1.88. The number of fused-ring (bicyclic) bond motifs is 1. The highest BCUT2D eigenvalue weighted by Crippen LogP contribution is 2.26. The van der Waals surface area contributed by atoms with Crippen molar-refractivity contribution < 1.29 is 19.1 Å². The summed E-state index contributed by atoms with van der Waals surface area (Å²) >= 11 is 0. The number of nitrogens with zero attached hydrogens (tertiary/aromatic N) is 3. The number of imidazole rings is 1. The molecule has 0 spiro atoms. The van der Waals surface area contributed by atoms with Gasteiger partial charge in [-0.05, 0) is 69.5 Å². The number of hydrogen-bond acceptors (Lipinski definition) is 5. The van der Waals surface area contributed by atoms with Crippen LogP contribution in [0.3, 0.4) is 0 Å². The minimum Gasteiger partial charge on any atom is -0.390 e. The van der Waals surface area contributed by atoms with Crippen molar-refractivity contribution in [3.63, 3.8) is 0 Å². The van der Waals surface area contributed by atoms with Gasteiger partial charge in [0.2, 0.25) is 11.9 Å². The molecule has 1 heterocycles. The SMILES string of the molecule is CCC(CC)C(=O)Nc1ccc2c(c1)nc(NC(=O)Nc1ccc(C#N)cc1F)n2CCC(C)(C)O. The van der Waals surface area contributed by atoms with Crippen molar-refractivity contribution in [1.82, 2.24) is 9.55 Å². The second kappa shape index (κ2) is 11.2. The van der Waals surface area contributed by atoms with E-state index in [0.717, 1.165) is 18.9 Å². The molecule has 190 valence electrons. The fourth-order valence-corrected chi connectivity index (χ4v) is 3.76. The van der Waals surface area contributed by atoms with Gasteiger partial charge in [-0.2, -0.15) is 5.26 Å². The van der Waals surface area contributed by atoms with E-state index in [4.69, 9.17) is 5.26 Å². The number of nitrogens with one attached hydrogen (secondary N) is 3. The molecule has 0 bridgehead atoms. The average molecular weight is 495 g/mol. The van der Waals surface area contributed by atoms with E-state index in [1.165, 1.54) is 12.1 Å². The van der Waals surface area contributed by atoms with E-state index < -0.39 is 17.4 Å². The minimum atomic E-state index is -0.953. The van der Waals surface area contributed by atoms with Crippen molar-refractivity contribution in [2.45, 2.75) is 59.1 Å². The number of anilines is 3. The van der Waals surface area contributed by atoms with Gasteiger partial charge < -0.3 is 20.3 Å². The number of urea groups is 1. The molecule has 0 saturated heterocycles. The predicted molar refractivity (Wildman–Crippen MR) is 137 cm³/mol. The first-order valence-electron chi connectivity index (χ1n) is 11.9. The average Bonchev–Trinajstić information content (AvgIpc) is 3.15. The molecular formula is C26H31FN6O3. The van der Waals surface area contributed by atoms with Gasteiger partial charge in [0.05, 0.1) is 34.0 Å². The summed E-state index contributed by atoms with van der Waals surface area (Å²) in [6, 6.07) is 10.1. The Kier molecular flexibility index (Phi) is 8.27. The lowest BCUT2D eigenvalue weighted by atomic mass is 10.0. The van der Waals surface area contributed by atoms with E-state index in [2.05, 4.69) is 20.9 Å². The van der Waals surface area contributed by atoms with Crippen LogP contribution in [-0.2, 0) is 11.3 Å². The summed E-state index contributed by atoms with van der Waals surface area (Å²) in [4.78, 5) is 29.7. The van der Waals surface area contributed by atoms with E-state index in [1.807, 2.05) is 19.9 Å². The van der Waals surface area contributed by atoms with Crippen molar-refractivity contribution in [2.24, 2.45) is 5.92 Å². The summed E-state index contributed by atoms with van der Waals surface area (Å²) in [6.07, 6.45) is 1.85. The van der Waals surface area contributed by atoms with Crippen molar-refractivity contribution in [3.8, 4) is 6.07 Å². The fraction of sp³-hybridized carbons (Fsp3) is 0.385. The molecular weight excluding hydrogens is 463 g/mol. The van der Waals surface area contributed by atoms with Crippen LogP contribution in [0.25, 0.3) is 11.0 Å². The number of amides is 3. The van der Waals surface area contributed by atoms with Crippen LogP contribution in [0, 0.1) is 23.1 Å². The molecule has 0 saturated carbocycles. The molecule has 3 amide bonds. The van der Waals surface area contributed by atoms with Crippen LogP contribution in [0.1, 0.15) is 52.5 Å². The maximum absolute atomic E-state index is 14.2. The van der Waals surface area contributed by atoms with E-state index in [1.54, 1.807) is 36.6 Å². The van der Waals surface area contributed by atoms with Gasteiger partial charge in [0.25, 0.3) is 0 Å². The molecule has 0 aliphatic heterocycles. The third-order valence-corrected chi connectivity index (χ3v) is 5.89. The molecule has 4 N–H and O–H groups in total. The number of benzene rings is 2. The molecule has 0 aliphatic carbocycles. The van der Waals surface area contributed by atoms with Crippen LogP contribution in [0.15, 0.2) is 36.4 Å². The zero-order chi connectivity index (χ0) is 26.5. The predicted octanol–water partition coefficient (Wildman–Crippen LogP) is 5.23. The summed E-state index contributed by atoms with van der Waals surface area (Å²) in [6.45, 7) is 7.65. The number of hydrogen-bond donors (Lipinski definition) is 4. The van der Waals surface area contributed by atoms with Gasteiger partial charge >= 0.3 is 6.03 Å². The number of halogens is 1. The zero-order valence-electron chi connectivity index (χ0n) is 20.9. The normalized spacial score (nSPS) is 11.4. The molecule has 10 heteroatoms. The third-order valence-electron chi connectivity index (χ3n) is 5.89. The zero-order valence-corrected chi connectivity index (χ0v) is 20.9. The lowest BCUT2D eigenvalue weighted by molar-refractivity contribution is -0.120. The van der Waals surface area contributed by atoms with Gasteiger partial charge in [-0.3, -0.25) is 10.1 Å². The Hall–Kier alpha value is -3.97. The molecule has 36 heavy (non-hydrogen) atoms. The van der Waals surface area contributed by atoms with E-state index in [-0.39, 0.29) is 29.0 Å². The van der Waals surface area contributed by atoms with Crippen LogP contribution < -0.4 is 16.0 Å². The first-order valence-corrected chi connectivity index (χ1v) is 11.9. The van der Waals surface area contributed by atoms with Crippen molar-refractivity contribution in [2.75, 3.05) is 16.0 Å². The Morgan fingerprint density at radius 3 is 2.47 bits per heavy atom. The molecule has 0 fully saturated rings. The monoisotopic (exact) mass is 494 g/mol. The van der Waals surface area contributed by atoms with Gasteiger partial charge in [0.1, 0.15) is 5.82 Å². The third kappa shape index (κ3) is 6.58. The van der Waals surface area contributed by atoms with E-state index in [0.29, 0.717) is 29.7 Å². The molecule has 1 aromatic heterocycles. The number of aliphatic hydroxyl groups is 1. The standard InChI is InChI=1S/C26H31FN6O3/c1-5-17(6-2)23(34)29-18-8-10-22-21(14-18)30-24(33(22)12-11-26(3,4)36)32-25(35)31-20-9-7-16(15-28)13-19(20)27/h7-10,13-14,17,36H,5-6,11-12H2,1-4H3,(H,29,34)(H2,30,31,32,35). The molecule has 0 aliphatic rings. The molecule has 3 rings (SSSR count). The summed E-state index contributed by atoms with van der Waals surface area (Å²) in [5.41, 5.74) is 0.913. The highest BCUT2D eigenvalue weighted by molar-refractivity contribution is 6.00. The second-order valence-corrected chi connectivity index (χ2v) is 9.24. The van der Waals surface area contributed by atoms with Crippen LogP contribution in [0.2, 0.25) is 0 Å². The maximum Gasteiger partial charge on any atom is 0.326 e. The van der Waals surface area contributed by atoms with Gasteiger partial charge in [0.15, 0.2) is 0 Å². The Morgan fingerprint density at radius 2 is 1.86 bits per heavy atom. The number of aryl methyl sites for hydroxylation is 1. The van der Waals surface area contributed by atoms with Gasteiger partial charge in [-0.25, -0.2) is 14.2 Å². The quantitative estimate of drug-likeness (QED) is 0.323.